The molecule has 4 amide bonds. The highest BCUT2D eigenvalue weighted by molar-refractivity contribution is 5.91. The van der Waals surface area contributed by atoms with Gasteiger partial charge in [0.25, 0.3) is 0 Å². The summed E-state index contributed by atoms with van der Waals surface area (Å²) in [5, 5.41) is 16.2. The summed E-state index contributed by atoms with van der Waals surface area (Å²) in [5.41, 5.74) is 5.29. The average molecular weight is 541 g/mol. The molecule has 0 spiro atoms. The third kappa shape index (κ3) is 16.9. The van der Waals surface area contributed by atoms with Crippen LogP contribution in [0.2, 0.25) is 0 Å². The third-order valence-electron chi connectivity index (χ3n) is 5.44. The van der Waals surface area contributed by atoms with Crippen molar-refractivity contribution in [3.8, 4) is 0 Å². The molecule has 0 saturated heterocycles. The molecule has 0 aromatic carbocycles. The number of carbonyl (C=O) groups excluding carboxylic acids is 7. The largest absolute Gasteiger partial charge is 0.480 e. The first kappa shape index (κ1) is 34.4. The number of rotatable bonds is 21. The second-order valence-electron chi connectivity index (χ2n) is 9.40. The molecule has 6 N–H and O–H groups in total. The summed E-state index contributed by atoms with van der Waals surface area (Å²) in [4.78, 5) is 93.9. The van der Waals surface area contributed by atoms with Crippen LogP contribution in [0.4, 0.5) is 0 Å². The van der Waals surface area contributed by atoms with E-state index < -0.39 is 47.5 Å². The van der Waals surface area contributed by atoms with Crippen LogP contribution in [0.5, 0.6) is 0 Å². The normalized spacial score (nSPS) is 12.2. The van der Waals surface area contributed by atoms with E-state index in [-0.39, 0.29) is 81.8 Å². The van der Waals surface area contributed by atoms with Crippen molar-refractivity contribution in [1.82, 2.24) is 16.0 Å². The first-order chi connectivity index (χ1) is 17.7. The molecule has 38 heavy (non-hydrogen) atoms. The Balaban J connectivity index is 4.34. The number of hydrogen-bond acceptors (Lipinski definition) is 8. The lowest BCUT2D eigenvalue weighted by Crippen LogP contribution is -2.45. The number of carbonyl (C=O) groups is 8. The Morgan fingerprint density at radius 2 is 1.21 bits per heavy atom. The van der Waals surface area contributed by atoms with E-state index in [0.29, 0.717) is 6.42 Å². The molecule has 13 nitrogen and oxygen atoms in total. The van der Waals surface area contributed by atoms with Gasteiger partial charge in [-0.2, -0.15) is 0 Å². The van der Waals surface area contributed by atoms with E-state index in [1.807, 2.05) is 13.8 Å². The van der Waals surface area contributed by atoms with Crippen molar-refractivity contribution >= 4 is 46.9 Å². The Labute approximate surface area is 222 Å². The zero-order chi connectivity index (χ0) is 29.3. The van der Waals surface area contributed by atoms with Gasteiger partial charge < -0.3 is 26.8 Å². The lowest BCUT2D eigenvalue weighted by Gasteiger charge is -2.15. The number of nitrogens with two attached hydrogens (primary N) is 1. The summed E-state index contributed by atoms with van der Waals surface area (Å²) in [6.45, 7) is 4.99. The van der Waals surface area contributed by atoms with Crippen LogP contribution in [-0.4, -0.2) is 70.7 Å². The topological polar surface area (TPSA) is 219 Å². The number of aliphatic carboxylic acids is 1. The van der Waals surface area contributed by atoms with Gasteiger partial charge in [0.2, 0.25) is 23.6 Å². The molecule has 214 valence electrons. The number of carboxylic acid groups (broad SMARTS) is 1. The minimum absolute atomic E-state index is 0.0402. The Hall–Kier alpha value is -3.64. The number of ketones is 3. The number of carboxylic acids is 1. The molecule has 2 unspecified atom stereocenters. The minimum Gasteiger partial charge on any atom is -0.480 e. The second-order valence-corrected chi connectivity index (χ2v) is 9.40. The van der Waals surface area contributed by atoms with Gasteiger partial charge in [0, 0.05) is 51.4 Å². The van der Waals surface area contributed by atoms with Gasteiger partial charge in [-0.05, 0) is 18.8 Å². The predicted molar refractivity (Wildman–Crippen MR) is 135 cm³/mol. The molecular weight excluding hydrogens is 500 g/mol. The van der Waals surface area contributed by atoms with Crippen LogP contribution in [0.25, 0.3) is 0 Å². The fourth-order valence-electron chi connectivity index (χ4n) is 3.28. The maximum absolute atomic E-state index is 12.1. The average Bonchev–Trinajstić information content (AvgIpc) is 2.83. The maximum Gasteiger partial charge on any atom is 0.326 e. The minimum atomic E-state index is -1.26. The van der Waals surface area contributed by atoms with Crippen molar-refractivity contribution in [2.24, 2.45) is 11.7 Å². The molecule has 0 aromatic rings. The molecule has 0 aliphatic rings. The molecule has 0 bridgehead atoms. The summed E-state index contributed by atoms with van der Waals surface area (Å²) in [6.07, 6.45) is -0.441. The molecule has 0 rings (SSSR count). The number of nitrogens with one attached hydrogen (secondary N) is 3. The third-order valence-corrected chi connectivity index (χ3v) is 5.44. The van der Waals surface area contributed by atoms with Crippen molar-refractivity contribution in [3.05, 3.63) is 0 Å². The molecule has 0 saturated carbocycles. The zero-order valence-corrected chi connectivity index (χ0v) is 22.3. The van der Waals surface area contributed by atoms with E-state index in [4.69, 9.17) is 10.8 Å². The number of hydrogen-bond donors (Lipinski definition) is 5. The number of Topliss-reactive ketones (excluding diaryl/α,β-unsaturated/α-hetero) is 3. The molecule has 0 aromatic heterocycles. The van der Waals surface area contributed by atoms with E-state index in [0.717, 1.165) is 0 Å². The Kier molecular flexibility index (Phi) is 16.8. The first-order valence-electron chi connectivity index (χ1n) is 12.7. The quantitative estimate of drug-likeness (QED) is 0.131. The molecule has 0 aliphatic heterocycles. The van der Waals surface area contributed by atoms with Crippen molar-refractivity contribution in [2.45, 2.75) is 97.1 Å². The SMILES string of the molecule is CCC(=O)NC(CCC(=O)CCC(=O)NCC(=O)CCC(NC(=O)CCC(=O)CC(C)C)C(N)=O)C(=O)O. The van der Waals surface area contributed by atoms with Crippen LogP contribution in [0.1, 0.15) is 85.0 Å². The van der Waals surface area contributed by atoms with Crippen LogP contribution in [0, 0.1) is 5.92 Å². The molecular formula is C25H40N4O9. The van der Waals surface area contributed by atoms with E-state index >= 15 is 0 Å². The molecule has 0 fully saturated rings. The molecule has 0 heterocycles. The summed E-state index contributed by atoms with van der Waals surface area (Å²) in [5.74, 6) is -4.32. The first-order valence-corrected chi connectivity index (χ1v) is 12.7. The van der Waals surface area contributed by atoms with Crippen molar-refractivity contribution in [3.63, 3.8) is 0 Å². The van der Waals surface area contributed by atoms with E-state index in [9.17, 15) is 38.4 Å². The zero-order valence-electron chi connectivity index (χ0n) is 22.3. The molecule has 0 aliphatic carbocycles. The molecule has 0 radical (unpaired) electrons. The van der Waals surface area contributed by atoms with Crippen molar-refractivity contribution in [2.75, 3.05) is 6.54 Å². The number of amides is 4. The van der Waals surface area contributed by atoms with Gasteiger partial charge in [-0.25, -0.2) is 4.79 Å². The highest BCUT2D eigenvalue weighted by Crippen LogP contribution is 2.06. The fourth-order valence-corrected chi connectivity index (χ4v) is 3.28. The fraction of sp³-hybridized carbons (Fsp3) is 0.680. The van der Waals surface area contributed by atoms with Gasteiger partial charge in [-0.15, -0.1) is 0 Å². The Morgan fingerprint density at radius 3 is 1.76 bits per heavy atom. The highest BCUT2D eigenvalue weighted by Gasteiger charge is 2.22. The van der Waals surface area contributed by atoms with Gasteiger partial charge in [0.05, 0.1) is 6.54 Å². The lowest BCUT2D eigenvalue weighted by atomic mass is 10.0. The molecule has 13 heteroatoms. The van der Waals surface area contributed by atoms with Crippen LogP contribution in [-0.2, 0) is 38.4 Å². The van der Waals surface area contributed by atoms with Crippen molar-refractivity contribution < 1.29 is 43.5 Å². The summed E-state index contributed by atoms with van der Waals surface area (Å²) in [6, 6.07) is -2.30. The van der Waals surface area contributed by atoms with E-state index in [1.165, 1.54) is 0 Å². The number of primary amides is 1. The smallest absolute Gasteiger partial charge is 0.326 e. The van der Waals surface area contributed by atoms with Gasteiger partial charge in [0.1, 0.15) is 23.7 Å². The van der Waals surface area contributed by atoms with Crippen LogP contribution in [0.3, 0.4) is 0 Å². The van der Waals surface area contributed by atoms with Gasteiger partial charge in [0.15, 0.2) is 5.78 Å². The summed E-state index contributed by atoms with van der Waals surface area (Å²) in [7, 11) is 0. The Morgan fingerprint density at radius 1 is 0.684 bits per heavy atom. The van der Waals surface area contributed by atoms with E-state index in [2.05, 4.69) is 16.0 Å². The van der Waals surface area contributed by atoms with Crippen LogP contribution < -0.4 is 21.7 Å². The summed E-state index contributed by atoms with van der Waals surface area (Å²) < 4.78 is 0. The van der Waals surface area contributed by atoms with Crippen LogP contribution in [0.15, 0.2) is 0 Å². The monoisotopic (exact) mass is 540 g/mol. The van der Waals surface area contributed by atoms with Crippen molar-refractivity contribution in [1.29, 1.82) is 0 Å². The summed E-state index contributed by atoms with van der Waals surface area (Å²) >= 11 is 0. The standard InChI is InChI=1S/C25H40N4O9/c1-4-21(33)29-20(25(37)38)10-5-16(30)7-11-22(34)27-14-18(32)6-9-19(24(26)36)28-23(35)12-8-17(31)13-15(2)3/h15,19-20H,4-14H2,1-3H3,(H2,26,36)(H,27,34)(H,28,35)(H,29,33)(H,37,38). The van der Waals surface area contributed by atoms with Gasteiger partial charge in [-0.3, -0.25) is 33.6 Å². The maximum atomic E-state index is 12.1. The highest BCUT2D eigenvalue weighted by atomic mass is 16.4. The predicted octanol–water partition coefficient (Wildman–Crippen LogP) is -0.0737. The molecule has 2 atom stereocenters. The van der Waals surface area contributed by atoms with E-state index in [1.54, 1.807) is 6.92 Å². The van der Waals surface area contributed by atoms with Crippen LogP contribution >= 0.6 is 0 Å². The Bertz CT molecular complexity index is 886. The van der Waals surface area contributed by atoms with Gasteiger partial charge in [-0.1, -0.05) is 20.8 Å². The second kappa shape index (κ2) is 18.6. The van der Waals surface area contributed by atoms with Gasteiger partial charge >= 0.3 is 5.97 Å². The lowest BCUT2D eigenvalue weighted by molar-refractivity contribution is -0.142.